The predicted molar refractivity (Wildman–Crippen MR) is 335 cm³/mol. The summed E-state index contributed by atoms with van der Waals surface area (Å²) in [6.07, 6.45) is 11.6. The van der Waals surface area contributed by atoms with Crippen LogP contribution in [-0.4, -0.2) is 50.9 Å². The van der Waals surface area contributed by atoms with Gasteiger partial charge < -0.3 is 33.1 Å². The van der Waals surface area contributed by atoms with Crippen molar-refractivity contribution in [1.82, 2.24) is 44.4 Å². The maximum atomic E-state index is 11.8. The number of H-pyrrole nitrogens is 1. The molecule has 1 saturated heterocycles. The number of carbonyl (C=O) groups is 2. The number of hydrogen-bond donors (Lipinski definition) is 2. The Hall–Kier alpha value is -10.7. The molecule has 15 nitrogen and oxygen atoms in total. The highest BCUT2D eigenvalue weighted by atomic mass is 79.9. The lowest BCUT2D eigenvalue weighted by atomic mass is 10.1. The summed E-state index contributed by atoms with van der Waals surface area (Å²) >= 11 is 3.46. The number of imide groups is 1. The number of halogens is 1. The molecule has 0 spiro atoms. The number of amides is 2. The van der Waals surface area contributed by atoms with Gasteiger partial charge in [0.1, 0.15) is 44.5 Å². The van der Waals surface area contributed by atoms with Gasteiger partial charge in [0.05, 0.1) is 40.4 Å². The first-order valence-electron chi connectivity index (χ1n) is 27.8. The quantitative estimate of drug-likeness (QED) is 0.0831. The Labute approximate surface area is 507 Å². The minimum atomic E-state index is -0.345. The number of nitrogens with one attached hydrogen (secondary N) is 2. The van der Waals surface area contributed by atoms with Gasteiger partial charge >= 0.3 is 0 Å². The van der Waals surface area contributed by atoms with Crippen molar-refractivity contribution in [3.05, 3.63) is 301 Å². The van der Waals surface area contributed by atoms with E-state index in [0.717, 1.165) is 60.6 Å². The second-order valence-corrected chi connectivity index (χ2v) is 20.3. The molecule has 1 aliphatic rings. The van der Waals surface area contributed by atoms with Crippen LogP contribution in [0.3, 0.4) is 0 Å². The Balaban J connectivity index is 0.000000135. The molecule has 0 aliphatic carbocycles. The van der Waals surface area contributed by atoms with Gasteiger partial charge in [0, 0.05) is 42.1 Å². The van der Waals surface area contributed by atoms with Crippen molar-refractivity contribution in [2.75, 3.05) is 0 Å². The van der Waals surface area contributed by atoms with E-state index in [9.17, 15) is 9.59 Å². The monoisotopic (exact) mass is 1200 g/mol. The summed E-state index contributed by atoms with van der Waals surface area (Å²) in [6, 6.07) is 77.2. The molecule has 1 fully saturated rings. The van der Waals surface area contributed by atoms with Crippen LogP contribution in [-0.2, 0) is 36.0 Å². The summed E-state index contributed by atoms with van der Waals surface area (Å²) in [5, 5.41) is 2.35. The molecule has 1 aliphatic heterocycles. The van der Waals surface area contributed by atoms with Crippen LogP contribution in [0.4, 0.5) is 0 Å². The van der Waals surface area contributed by atoms with Crippen LogP contribution >= 0.6 is 15.9 Å². The zero-order chi connectivity index (χ0) is 59.0. The Bertz CT molecular complexity index is 3970. The van der Waals surface area contributed by atoms with E-state index in [1.165, 1.54) is 5.56 Å². The highest BCUT2D eigenvalue weighted by Gasteiger charge is 2.28. The first kappa shape index (κ1) is 58.5. The van der Waals surface area contributed by atoms with Crippen molar-refractivity contribution in [2.45, 2.75) is 45.3 Å². The number of carbonyl (C=O) groups excluding carboxylic acids is 2. The van der Waals surface area contributed by atoms with Crippen molar-refractivity contribution < 1.29 is 28.5 Å². The SMILES string of the molecule is Brc1ccc(OCc2ccccc2)nc1OCc1ccccc1.O=C1CCC(n2cnc(-c3ccccc3)c2)C(=O)N1.c1ccc(-c2cnc[nH]2)cc1.c1ccc(COc2ccc(-n3cnc(-c4ccccc4)c3)c(OCc3ccccc3)n2)cc1. The molecule has 16 heteroatoms. The lowest BCUT2D eigenvalue weighted by molar-refractivity contribution is -0.135. The number of aromatic amines is 1. The maximum Gasteiger partial charge on any atom is 0.249 e. The molecule has 86 heavy (non-hydrogen) atoms. The number of nitrogens with zero attached hydrogens (tertiary/aromatic N) is 7. The Kier molecular flexibility index (Phi) is 20.8. The summed E-state index contributed by atoms with van der Waals surface area (Å²) in [5.74, 6) is 1.60. The Morgan fingerprint density at radius 1 is 0.477 bits per heavy atom. The zero-order valence-corrected chi connectivity index (χ0v) is 48.3. The van der Waals surface area contributed by atoms with E-state index in [2.05, 4.69) is 51.2 Å². The molecule has 7 aromatic carbocycles. The molecule has 1 atom stereocenters. The van der Waals surface area contributed by atoms with E-state index in [0.29, 0.717) is 62.8 Å². The number of benzene rings is 7. The molecular weight excluding hydrogens is 1140 g/mol. The number of pyridine rings is 2. The van der Waals surface area contributed by atoms with E-state index >= 15 is 0 Å². The summed E-state index contributed by atoms with van der Waals surface area (Å²) in [5.41, 5.74) is 11.1. The second kappa shape index (κ2) is 30.5. The lowest BCUT2D eigenvalue weighted by Gasteiger charge is -2.21. The minimum absolute atomic E-state index is 0.204. The third-order valence-corrected chi connectivity index (χ3v) is 13.9. The summed E-state index contributed by atoms with van der Waals surface area (Å²) < 4.78 is 28.1. The molecule has 0 saturated carbocycles. The number of hydrogen-bond acceptors (Lipinski definition) is 11. The number of aromatic nitrogens is 8. The summed E-state index contributed by atoms with van der Waals surface area (Å²) in [4.78, 5) is 47.8. The van der Waals surface area contributed by atoms with Crippen LogP contribution in [0.25, 0.3) is 39.5 Å². The first-order chi connectivity index (χ1) is 42.4. The number of imidazole rings is 3. The van der Waals surface area contributed by atoms with Crippen LogP contribution < -0.4 is 24.3 Å². The highest BCUT2D eigenvalue weighted by Crippen LogP contribution is 2.30. The molecule has 12 aromatic rings. The van der Waals surface area contributed by atoms with Gasteiger partial charge in [-0.15, -0.1) is 0 Å². The fourth-order valence-corrected chi connectivity index (χ4v) is 9.11. The van der Waals surface area contributed by atoms with Gasteiger partial charge in [-0.05, 0) is 62.3 Å². The number of rotatable bonds is 17. The number of piperidine rings is 1. The topological polar surface area (TPSA) is 173 Å². The first-order valence-corrected chi connectivity index (χ1v) is 28.6. The lowest BCUT2D eigenvalue weighted by Crippen LogP contribution is -2.41. The van der Waals surface area contributed by atoms with Crippen LogP contribution in [0.5, 0.6) is 23.5 Å². The van der Waals surface area contributed by atoms with Crippen LogP contribution in [0.2, 0.25) is 0 Å². The van der Waals surface area contributed by atoms with Crippen molar-refractivity contribution in [1.29, 1.82) is 0 Å². The fraction of sp³-hybridized carbons (Fsp3) is 0.100. The normalized spacial score (nSPS) is 12.4. The van der Waals surface area contributed by atoms with Crippen LogP contribution in [0.15, 0.2) is 279 Å². The van der Waals surface area contributed by atoms with Crippen LogP contribution in [0, 0.1) is 0 Å². The minimum Gasteiger partial charge on any atom is -0.473 e. The Morgan fingerprint density at radius 3 is 1.42 bits per heavy atom. The van der Waals surface area contributed by atoms with Gasteiger partial charge in [-0.3, -0.25) is 14.9 Å². The molecule has 5 aromatic heterocycles. The molecule has 428 valence electrons. The van der Waals surface area contributed by atoms with E-state index in [-0.39, 0.29) is 17.9 Å². The van der Waals surface area contributed by atoms with Gasteiger partial charge in [-0.25, -0.2) is 15.0 Å². The molecule has 2 N–H and O–H groups in total. The molecule has 0 radical (unpaired) electrons. The van der Waals surface area contributed by atoms with Crippen molar-refractivity contribution >= 4 is 27.7 Å². The van der Waals surface area contributed by atoms with Crippen molar-refractivity contribution in [2.24, 2.45) is 0 Å². The second-order valence-electron chi connectivity index (χ2n) is 19.4. The smallest absolute Gasteiger partial charge is 0.249 e. The summed E-state index contributed by atoms with van der Waals surface area (Å²) in [6.45, 7) is 1.79. The Morgan fingerprint density at radius 2 is 0.919 bits per heavy atom. The predicted octanol–water partition coefficient (Wildman–Crippen LogP) is 14.7. The third-order valence-electron chi connectivity index (χ3n) is 13.3. The largest absolute Gasteiger partial charge is 0.473 e. The van der Waals surface area contributed by atoms with Crippen molar-refractivity contribution in [3.63, 3.8) is 0 Å². The molecular formula is C70H60BrN9O6. The van der Waals surface area contributed by atoms with Gasteiger partial charge in [0.15, 0.2) is 0 Å². The van der Waals surface area contributed by atoms with E-state index in [4.69, 9.17) is 18.9 Å². The van der Waals surface area contributed by atoms with Gasteiger partial charge in [0.25, 0.3) is 0 Å². The van der Waals surface area contributed by atoms with Gasteiger partial charge in [-0.1, -0.05) is 212 Å². The maximum absolute atomic E-state index is 11.8. The molecule has 1 unspecified atom stereocenters. The molecule has 6 heterocycles. The fourth-order valence-electron chi connectivity index (χ4n) is 8.78. The highest BCUT2D eigenvalue weighted by molar-refractivity contribution is 9.10. The van der Waals surface area contributed by atoms with E-state index in [1.807, 2.05) is 260 Å². The standard InChI is InChI=1S/C28H23N3O2.C19H16BrNO2.C14H13N3O2.C9H8N2/c1-4-10-22(11-5-1)19-32-27-17-16-26(28(30-27)33-20-23-12-6-2-7-13-23)31-18-25(29-21-31)24-14-8-3-9-15-24;20-17-11-12-18(22-13-15-7-3-1-4-8-15)21-19(17)23-14-16-9-5-2-6-10-16;18-13-7-6-12(14(19)16-13)17-8-11(15-9-17)10-4-2-1-3-5-10;1-2-4-8(5-3-1)9-6-10-7-11-9/h1-18,21H,19-20H2;1-12H,13-14H2;1-5,8-9,12H,6-7H2,(H,16,18,19);1-7H,(H,10,11). The summed E-state index contributed by atoms with van der Waals surface area (Å²) in [7, 11) is 0. The van der Waals surface area contributed by atoms with E-state index in [1.54, 1.807) is 23.5 Å². The zero-order valence-electron chi connectivity index (χ0n) is 46.8. The molecule has 0 bridgehead atoms. The van der Waals surface area contributed by atoms with Gasteiger partial charge in [0.2, 0.25) is 35.3 Å². The molecule has 2 amide bonds. The average molecular weight is 1200 g/mol. The van der Waals surface area contributed by atoms with Crippen LogP contribution in [0.1, 0.15) is 41.1 Å². The van der Waals surface area contributed by atoms with E-state index < -0.39 is 0 Å². The molecule has 13 rings (SSSR count). The third kappa shape index (κ3) is 17.2. The average Bonchev–Trinajstić information content (AvgIpc) is 4.23. The van der Waals surface area contributed by atoms with Crippen molar-refractivity contribution in [3.8, 4) is 63.0 Å². The number of ether oxygens (including phenoxy) is 4. The van der Waals surface area contributed by atoms with Gasteiger partial charge in [-0.2, -0.15) is 9.97 Å².